The van der Waals surface area contributed by atoms with Crippen LogP contribution in [0.4, 0.5) is 0 Å². The second-order valence-electron chi connectivity index (χ2n) is 4.93. The number of aryl methyl sites for hydroxylation is 1. The molecule has 1 heterocycles. The Morgan fingerprint density at radius 1 is 1.58 bits per heavy atom. The van der Waals surface area contributed by atoms with Crippen LogP contribution in [0.3, 0.4) is 0 Å². The molecule has 1 saturated heterocycles. The Kier molecular flexibility index (Phi) is 5.30. The molecule has 1 fully saturated rings. The molecule has 1 aliphatic rings. The first-order valence-electron chi connectivity index (χ1n) is 6.47. The van der Waals surface area contributed by atoms with Gasteiger partial charge in [0.15, 0.2) is 0 Å². The first-order chi connectivity index (χ1) is 9.10. The number of thioether (sulfide) groups is 1. The van der Waals surface area contributed by atoms with Crippen LogP contribution in [0.2, 0.25) is 0 Å². The Morgan fingerprint density at radius 3 is 3.00 bits per heavy atom. The van der Waals surface area contributed by atoms with E-state index in [0.29, 0.717) is 18.2 Å². The third-order valence-corrected chi connectivity index (χ3v) is 5.11. The third kappa shape index (κ3) is 3.97. The summed E-state index contributed by atoms with van der Waals surface area (Å²) in [5.41, 5.74) is 6.85. The summed E-state index contributed by atoms with van der Waals surface area (Å²) in [4.78, 5) is 15.2. The number of nitrogens with two attached hydrogens (primary N) is 1. The van der Waals surface area contributed by atoms with E-state index in [1.165, 1.54) is 10.5 Å². The molecule has 1 aliphatic heterocycles. The van der Waals surface area contributed by atoms with E-state index in [9.17, 15) is 4.79 Å². The quantitative estimate of drug-likeness (QED) is 0.855. The molecule has 104 valence electrons. The second-order valence-corrected chi connectivity index (χ2v) is 6.86. The molecule has 19 heavy (non-hydrogen) atoms. The highest BCUT2D eigenvalue weighted by atomic mass is 79.9. The highest BCUT2D eigenvalue weighted by molar-refractivity contribution is 9.10. The number of amides is 1. The number of likely N-dealkylation sites (tertiary alicyclic amines) is 1. The summed E-state index contributed by atoms with van der Waals surface area (Å²) in [5.74, 6) is 1.23. The number of benzene rings is 1. The summed E-state index contributed by atoms with van der Waals surface area (Å²) in [6, 6.07) is 6.15. The van der Waals surface area contributed by atoms with Gasteiger partial charge < -0.3 is 10.6 Å². The highest BCUT2D eigenvalue weighted by Gasteiger charge is 2.24. The molecule has 2 N–H and O–H groups in total. The molecule has 0 radical (unpaired) electrons. The van der Waals surface area contributed by atoms with Gasteiger partial charge in [0, 0.05) is 22.5 Å². The van der Waals surface area contributed by atoms with Crippen molar-refractivity contribution in [1.82, 2.24) is 4.90 Å². The van der Waals surface area contributed by atoms with Gasteiger partial charge in [-0.25, -0.2) is 0 Å². The number of rotatable bonds is 4. The van der Waals surface area contributed by atoms with Gasteiger partial charge in [0.2, 0.25) is 5.91 Å². The molecule has 3 nitrogen and oxygen atoms in total. The van der Waals surface area contributed by atoms with Crippen molar-refractivity contribution in [1.29, 1.82) is 0 Å². The lowest BCUT2D eigenvalue weighted by Gasteiger charge is -2.16. The fourth-order valence-electron chi connectivity index (χ4n) is 2.26. The van der Waals surface area contributed by atoms with Crippen molar-refractivity contribution in [2.24, 2.45) is 11.7 Å². The smallest absolute Gasteiger partial charge is 0.232 e. The van der Waals surface area contributed by atoms with Crippen LogP contribution >= 0.6 is 27.7 Å². The van der Waals surface area contributed by atoms with Crippen LogP contribution in [0.15, 0.2) is 27.6 Å². The van der Waals surface area contributed by atoms with Crippen molar-refractivity contribution in [3.8, 4) is 0 Å². The molecule has 0 aliphatic carbocycles. The number of carbonyl (C=O) groups excluding carboxylic acids is 1. The molecule has 1 atom stereocenters. The first kappa shape index (κ1) is 14.9. The minimum Gasteiger partial charge on any atom is -0.342 e. The molecule has 1 aromatic carbocycles. The molecule has 5 heteroatoms. The van der Waals surface area contributed by atoms with Crippen molar-refractivity contribution < 1.29 is 4.79 Å². The van der Waals surface area contributed by atoms with E-state index < -0.39 is 0 Å². The summed E-state index contributed by atoms with van der Waals surface area (Å²) in [5, 5.41) is 0. The molecule has 1 amide bonds. The summed E-state index contributed by atoms with van der Waals surface area (Å²) in [6.07, 6.45) is 1.05. The fourth-order valence-corrected chi connectivity index (χ4v) is 3.65. The first-order valence-corrected chi connectivity index (χ1v) is 8.25. The summed E-state index contributed by atoms with van der Waals surface area (Å²) >= 11 is 5.06. The normalized spacial score (nSPS) is 18.9. The molecule has 0 spiro atoms. The molecule has 0 bridgehead atoms. The van der Waals surface area contributed by atoms with Crippen LogP contribution < -0.4 is 5.73 Å². The molecule has 1 unspecified atom stereocenters. The zero-order valence-electron chi connectivity index (χ0n) is 11.1. The number of carbonyl (C=O) groups is 1. The SMILES string of the molecule is Cc1cc(Br)ccc1SCC(=O)N1CCC(CN)C1. The molecule has 0 saturated carbocycles. The Balaban J connectivity index is 1.87. The van der Waals surface area contributed by atoms with Crippen LogP contribution in [0.25, 0.3) is 0 Å². The average Bonchev–Trinajstić information content (AvgIpc) is 2.86. The van der Waals surface area contributed by atoms with Crippen LogP contribution in [0.5, 0.6) is 0 Å². The van der Waals surface area contributed by atoms with Gasteiger partial charge in [-0.05, 0) is 49.6 Å². The maximum Gasteiger partial charge on any atom is 0.232 e. The van der Waals surface area contributed by atoms with Gasteiger partial charge in [-0.2, -0.15) is 0 Å². The van der Waals surface area contributed by atoms with Gasteiger partial charge in [-0.3, -0.25) is 4.79 Å². The van der Waals surface area contributed by atoms with Gasteiger partial charge >= 0.3 is 0 Å². The standard InChI is InChI=1S/C14H19BrN2OS/c1-10-6-12(15)2-3-13(10)19-9-14(18)17-5-4-11(7-16)8-17/h2-3,6,11H,4-5,7-9,16H2,1H3. The van der Waals surface area contributed by atoms with Gasteiger partial charge in [-0.15, -0.1) is 11.8 Å². The average molecular weight is 343 g/mol. The summed E-state index contributed by atoms with van der Waals surface area (Å²) < 4.78 is 1.08. The molecule has 1 aromatic rings. The zero-order valence-corrected chi connectivity index (χ0v) is 13.5. The molecule has 2 rings (SSSR count). The maximum absolute atomic E-state index is 12.1. The van der Waals surface area contributed by atoms with Crippen LogP contribution in [0.1, 0.15) is 12.0 Å². The van der Waals surface area contributed by atoms with Crippen molar-refractivity contribution in [2.75, 3.05) is 25.4 Å². The third-order valence-electron chi connectivity index (χ3n) is 3.46. The van der Waals surface area contributed by atoms with E-state index in [2.05, 4.69) is 35.0 Å². The van der Waals surface area contributed by atoms with Gasteiger partial charge in [0.1, 0.15) is 0 Å². The lowest BCUT2D eigenvalue weighted by atomic mass is 10.1. The Bertz CT molecular complexity index is 467. The van der Waals surface area contributed by atoms with Gasteiger partial charge in [0.25, 0.3) is 0 Å². The predicted molar refractivity (Wildman–Crippen MR) is 83.3 cm³/mol. The minimum absolute atomic E-state index is 0.225. The second kappa shape index (κ2) is 6.77. The Morgan fingerprint density at radius 2 is 2.37 bits per heavy atom. The predicted octanol–water partition coefficient (Wildman–Crippen LogP) is 2.66. The zero-order chi connectivity index (χ0) is 13.8. The van der Waals surface area contributed by atoms with E-state index in [1.54, 1.807) is 11.8 Å². The number of halogens is 1. The van der Waals surface area contributed by atoms with Crippen LogP contribution in [0, 0.1) is 12.8 Å². The lowest BCUT2D eigenvalue weighted by Crippen LogP contribution is -2.31. The van der Waals surface area contributed by atoms with E-state index in [4.69, 9.17) is 5.73 Å². The molecular formula is C14H19BrN2OS. The Hall–Kier alpha value is -0.520. The topological polar surface area (TPSA) is 46.3 Å². The largest absolute Gasteiger partial charge is 0.342 e. The van der Waals surface area contributed by atoms with E-state index >= 15 is 0 Å². The summed E-state index contributed by atoms with van der Waals surface area (Å²) in [6.45, 7) is 4.44. The van der Waals surface area contributed by atoms with E-state index in [-0.39, 0.29) is 5.91 Å². The summed E-state index contributed by atoms with van der Waals surface area (Å²) in [7, 11) is 0. The Labute approximate surface area is 127 Å². The van der Waals surface area contributed by atoms with Gasteiger partial charge in [-0.1, -0.05) is 15.9 Å². The fraction of sp³-hybridized carbons (Fsp3) is 0.500. The number of hydrogen-bond acceptors (Lipinski definition) is 3. The molecule has 0 aromatic heterocycles. The number of nitrogens with zero attached hydrogens (tertiary/aromatic N) is 1. The van der Waals surface area contributed by atoms with Crippen LogP contribution in [-0.2, 0) is 4.79 Å². The molecular weight excluding hydrogens is 324 g/mol. The maximum atomic E-state index is 12.1. The number of hydrogen-bond donors (Lipinski definition) is 1. The highest BCUT2D eigenvalue weighted by Crippen LogP contribution is 2.26. The van der Waals surface area contributed by atoms with E-state index in [0.717, 1.165) is 24.0 Å². The van der Waals surface area contributed by atoms with Crippen molar-refractivity contribution in [3.05, 3.63) is 28.2 Å². The van der Waals surface area contributed by atoms with Crippen molar-refractivity contribution in [3.63, 3.8) is 0 Å². The monoisotopic (exact) mass is 342 g/mol. The van der Waals surface area contributed by atoms with Crippen molar-refractivity contribution in [2.45, 2.75) is 18.2 Å². The van der Waals surface area contributed by atoms with Crippen LogP contribution in [-0.4, -0.2) is 36.2 Å². The minimum atomic E-state index is 0.225. The lowest BCUT2D eigenvalue weighted by molar-refractivity contribution is -0.127. The van der Waals surface area contributed by atoms with Gasteiger partial charge in [0.05, 0.1) is 5.75 Å². The van der Waals surface area contributed by atoms with Crippen molar-refractivity contribution >= 4 is 33.6 Å². The van der Waals surface area contributed by atoms with E-state index in [1.807, 2.05) is 11.0 Å².